The van der Waals surface area contributed by atoms with E-state index in [0.29, 0.717) is 11.3 Å². The third-order valence-electron chi connectivity index (χ3n) is 2.61. The largest absolute Gasteiger partial charge is 0.480 e. The van der Waals surface area contributed by atoms with Gasteiger partial charge in [-0.15, -0.1) is 0 Å². The van der Waals surface area contributed by atoms with Crippen LogP contribution in [0.1, 0.15) is 13.8 Å². The number of pyridine rings is 1. The summed E-state index contributed by atoms with van der Waals surface area (Å²) < 4.78 is 1.86. The molecule has 2 aromatic heterocycles. The zero-order chi connectivity index (χ0) is 12.6. The molecule has 0 aliphatic rings. The molecule has 0 aliphatic heterocycles. The number of hydrogen-bond acceptors (Lipinski definition) is 4. The molecule has 0 atom stereocenters. The number of nitrogens with zero attached hydrogens (tertiary/aromatic N) is 3. The predicted molar refractivity (Wildman–Crippen MR) is 63.8 cm³/mol. The highest BCUT2D eigenvalue weighted by molar-refractivity contribution is 5.89. The molecule has 2 heterocycles. The number of aryl methyl sites for hydroxylation is 1. The van der Waals surface area contributed by atoms with Gasteiger partial charge in [0, 0.05) is 13.2 Å². The summed E-state index contributed by atoms with van der Waals surface area (Å²) in [5, 5.41) is 12.0. The van der Waals surface area contributed by atoms with Gasteiger partial charge in [-0.25, -0.2) is 14.8 Å². The van der Waals surface area contributed by atoms with Crippen LogP contribution in [0.4, 0.5) is 5.82 Å². The second kappa shape index (κ2) is 3.73. The van der Waals surface area contributed by atoms with E-state index in [9.17, 15) is 4.79 Å². The molecule has 0 aliphatic carbocycles. The SMILES string of the molecule is Cn1cnc2c(NC(C)(C)C(=O)O)nccc21. The Morgan fingerprint density at radius 3 is 2.82 bits per heavy atom. The van der Waals surface area contributed by atoms with Crippen molar-refractivity contribution in [2.45, 2.75) is 19.4 Å². The van der Waals surface area contributed by atoms with Gasteiger partial charge in [0.2, 0.25) is 0 Å². The van der Waals surface area contributed by atoms with Crippen LogP contribution >= 0.6 is 0 Å². The number of carbonyl (C=O) groups is 1. The number of carboxylic acid groups (broad SMARTS) is 1. The summed E-state index contributed by atoms with van der Waals surface area (Å²) in [7, 11) is 1.88. The summed E-state index contributed by atoms with van der Waals surface area (Å²) in [5.74, 6) is -0.456. The van der Waals surface area contributed by atoms with E-state index in [1.807, 2.05) is 17.7 Å². The van der Waals surface area contributed by atoms with Gasteiger partial charge >= 0.3 is 5.97 Å². The third kappa shape index (κ3) is 1.93. The van der Waals surface area contributed by atoms with E-state index in [1.165, 1.54) is 0 Å². The van der Waals surface area contributed by atoms with Crippen molar-refractivity contribution in [2.24, 2.45) is 7.05 Å². The standard InChI is InChI=1S/C11H14N4O2/c1-11(2,10(16)17)14-9-8-7(4-5-12-9)15(3)6-13-8/h4-6H,1-3H3,(H,12,14)(H,16,17). The van der Waals surface area contributed by atoms with Crippen molar-refractivity contribution in [3.8, 4) is 0 Å². The van der Waals surface area contributed by atoms with Crippen LogP contribution in [0.2, 0.25) is 0 Å². The fourth-order valence-electron chi connectivity index (χ4n) is 1.50. The van der Waals surface area contributed by atoms with Crippen LogP contribution in [0, 0.1) is 0 Å². The summed E-state index contributed by atoms with van der Waals surface area (Å²) in [6.45, 7) is 3.16. The molecule has 90 valence electrons. The topological polar surface area (TPSA) is 80.0 Å². The number of aliphatic carboxylic acids is 1. The second-order valence-electron chi connectivity index (χ2n) is 4.44. The second-order valence-corrected chi connectivity index (χ2v) is 4.44. The molecule has 6 nitrogen and oxygen atoms in total. The molecule has 17 heavy (non-hydrogen) atoms. The van der Waals surface area contributed by atoms with Crippen LogP contribution in [0.25, 0.3) is 11.0 Å². The molecule has 6 heteroatoms. The Kier molecular flexibility index (Phi) is 2.49. The lowest BCUT2D eigenvalue weighted by molar-refractivity contribution is -0.141. The summed E-state index contributed by atoms with van der Waals surface area (Å²) in [5.41, 5.74) is 0.492. The number of hydrogen-bond donors (Lipinski definition) is 2. The lowest BCUT2D eigenvalue weighted by atomic mass is 10.1. The van der Waals surface area contributed by atoms with Crippen LogP contribution < -0.4 is 5.32 Å². The van der Waals surface area contributed by atoms with E-state index in [-0.39, 0.29) is 0 Å². The average molecular weight is 234 g/mol. The molecular formula is C11H14N4O2. The van der Waals surface area contributed by atoms with Crippen molar-refractivity contribution in [1.29, 1.82) is 0 Å². The summed E-state index contributed by atoms with van der Waals surface area (Å²) in [6, 6.07) is 1.83. The van der Waals surface area contributed by atoms with Crippen molar-refractivity contribution in [1.82, 2.24) is 14.5 Å². The van der Waals surface area contributed by atoms with E-state index in [1.54, 1.807) is 26.4 Å². The van der Waals surface area contributed by atoms with Crippen LogP contribution in [-0.4, -0.2) is 31.1 Å². The molecule has 0 saturated heterocycles. The molecule has 0 unspecified atom stereocenters. The van der Waals surface area contributed by atoms with Crippen LogP contribution in [-0.2, 0) is 11.8 Å². The fraction of sp³-hybridized carbons (Fsp3) is 0.364. The number of aromatic nitrogens is 3. The molecule has 0 aromatic carbocycles. The van der Waals surface area contributed by atoms with Gasteiger partial charge in [-0.05, 0) is 19.9 Å². The fourth-order valence-corrected chi connectivity index (χ4v) is 1.50. The first-order valence-corrected chi connectivity index (χ1v) is 5.19. The van der Waals surface area contributed by atoms with E-state index in [2.05, 4.69) is 15.3 Å². The van der Waals surface area contributed by atoms with Gasteiger partial charge in [0.1, 0.15) is 11.1 Å². The molecule has 2 N–H and O–H groups in total. The zero-order valence-corrected chi connectivity index (χ0v) is 9.93. The highest BCUT2D eigenvalue weighted by atomic mass is 16.4. The van der Waals surface area contributed by atoms with E-state index in [4.69, 9.17) is 5.11 Å². The Balaban J connectivity index is 2.46. The third-order valence-corrected chi connectivity index (χ3v) is 2.61. The van der Waals surface area contributed by atoms with Gasteiger partial charge in [-0.1, -0.05) is 0 Å². The normalized spacial score (nSPS) is 11.7. The maximum Gasteiger partial charge on any atom is 0.328 e. The molecule has 0 bridgehead atoms. The smallest absolute Gasteiger partial charge is 0.328 e. The number of fused-ring (bicyclic) bond motifs is 1. The van der Waals surface area contributed by atoms with Gasteiger partial charge < -0.3 is 15.0 Å². The van der Waals surface area contributed by atoms with Gasteiger partial charge in [-0.2, -0.15) is 0 Å². The molecular weight excluding hydrogens is 220 g/mol. The van der Waals surface area contributed by atoms with Crippen molar-refractivity contribution < 1.29 is 9.90 Å². The monoisotopic (exact) mass is 234 g/mol. The Bertz CT molecular complexity index is 574. The summed E-state index contributed by atoms with van der Waals surface area (Å²) in [4.78, 5) is 19.4. The molecule has 0 fully saturated rings. The molecule has 0 spiro atoms. The highest BCUT2D eigenvalue weighted by Crippen LogP contribution is 2.21. The van der Waals surface area contributed by atoms with Crippen LogP contribution in [0.5, 0.6) is 0 Å². The maximum absolute atomic E-state index is 11.1. The van der Waals surface area contributed by atoms with Crippen LogP contribution in [0.15, 0.2) is 18.6 Å². The van der Waals surface area contributed by atoms with Gasteiger partial charge in [0.05, 0.1) is 11.8 Å². The Morgan fingerprint density at radius 2 is 2.18 bits per heavy atom. The predicted octanol–water partition coefficient (Wildman–Crippen LogP) is 1.24. The minimum Gasteiger partial charge on any atom is -0.480 e. The molecule has 0 radical (unpaired) electrons. The first kappa shape index (κ1) is 11.4. The molecule has 2 aromatic rings. The Hall–Kier alpha value is -2.11. The van der Waals surface area contributed by atoms with Crippen molar-refractivity contribution in [3.63, 3.8) is 0 Å². The number of anilines is 1. The lowest BCUT2D eigenvalue weighted by Gasteiger charge is -2.21. The van der Waals surface area contributed by atoms with Crippen molar-refractivity contribution in [2.75, 3.05) is 5.32 Å². The van der Waals surface area contributed by atoms with E-state index >= 15 is 0 Å². The highest BCUT2D eigenvalue weighted by Gasteiger charge is 2.28. The van der Waals surface area contributed by atoms with E-state index in [0.717, 1.165) is 5.52 Å². The summed E-state index contributed by atoms with van der Waals surface area (Å²) in [6.07, 6.45) is 3.30. The Morgan fingerprint density at radius 1 is 1.47 bits per heavy atom. The number of carboxylic acids is 1. The maximum atomic E-state index is 11.1. The number of nitrogens with one attached hydrogen (secondary N) is 1. The van der Waals surface area contributed by atoms with Gasteiger partial charge in [0.25, 0.3) is 0 Å². The van der Waals surface area contributed by atoms with Crippen molar-refractivity contribution >= 4 is 22.8 Å². The van der Waals surface area contributed by atoms with Gasteiger partial charge in [0.15, 0.2) is 5.82 Å². The Labute approximate surface area is 98.3 Å². The van der Waals surface area contributed by atoms with Gasteiger partial charge in [-0.3, -0.25) is 0 Å². The van der Waals surface area contributed by atoms with Crippen molar-refractivity contribution in [3.05, 3.63) is 18.6 Å². The quantitative estimate of drug-likeness (QED) is 0.835. The number of rotatable bonds is 3. The molecule has 2 rings (SSSR count). The minimum atomic E-state index is -1.08. The van der Waals surface area contributed by atoms with E-state index < -0.39 is 11.5 Å². The molecule has 0 amide bonds. The molecule has 0 saturated carbocycles. The summed E-state index contributed by atoms with van der Waals surface area (Å²) >= 11 is 0. The zero-order valence-electron chi connectivity index (χ0n) is 9.93. The first-order chi connectivity index (χ1) is 7.92. The first-order valence-electron chi connectivity index (χ1n) is 5.19. The van der Waals surface area contributed by atoms with Crippen LogP contribution in [0.3, 0.4) is 0 Å². The minimum absolute atomic E-state index is 0.482. The lowest BCUT2D eigenvalue weighted by Crippen LogP contribution is -2.40. The number of imidazole rings is 1. The average Bonchev–Trinajstić information content (AvgIpc) is 2.61.